The van der Waals surface area contributed by atoms with Crippen LogP contribution in [0.15, 0.2) is 18.2 Å². The summed E-state index contributed by atoms with van der Waals surface area (Å²) in [5, 5.41) is 82.6. The Morgan fingerprint density at radius 3 is 2.10 bits per heavy atom. The number of methoxy groups -OCH3 is 1. The maximum atomic E-state index is 12.4. The van der Waals surface area contributed by atoms with Crippen molar-refractivity contribution in [1.29, 1.82) is 0 Å². The SMILES string of the molecule is COc1cccc2c(OC3OC(COC4OC(CO)C(O)C(O)C4O)C(O)C(O)C3O)c(C)c(C(C)=O)c(O)c12. The van der Waals surface area contributed by atoms with E-state index in [9.17, 15) is 45.6 Å². The predicted octanol–water partition coefficient (Wildman–Crippen LogP) is -1.93. The number of carbonyl (C=O) groups is 1. The number of rotatable bonds is 8. The summed E-state index contributed by atoms with van der Waals surface area (Å²) in [6.07, 6.45) is -16.0. The maximum absolute atomic E-state index is 12.4. The average molecular weight is 571 g/mol. The molecule has 8 N–H and O–H groups in total. The number of Topliss-reactive ketones (excluding diaryl/α,β-unsaturated/α-hetero) is 1. The third-order valence-electron chi connectivity index (χ3n) is 7.21. The number of aliphatic hydroxyl groups is 7. The standard InChI is InChI=1S/C26H34O14/c1-9-15(10(2)28)19(31)16-11(5-4-6-12(16)36-3)24(9)40-26-23(35)21(33)18(30)14(39-26)8-37-25-22(34)20(32)17(29)13(7-27)38-25/h4-6,13-14,17-18,20-23,25-27,29-35H,7-8H2,1-3H3. The average Bonchev–Trinajstić information content (AvgIpc) is 2.93. The third kappa shape index (κ3) is 5.35. The molecule has 2 aromatic rings. The Kier molecular flexibility index (Phi) is 9.16. The number of benzene rings is 2. The first kappa shape index (κ1) is 30.3. The summed E-state index contributed by atoms with van der Waals surface area (Å²) >= 11 is 0. The summed E-state index contributed by atoms with van der Waals surface area (Å²) in [5.41, 5.74) is 0.164. The van der Waals surface area contributed by atoms with Crippen molar-refractivity contribution in [2.45, 2.75) is 75.3 Å². The number of aromatic hydroxyl groups is 1. The summed E-state index contributed by atoms with van der Waals surface area (Å²) in [7, 11) is 1.38. The van der Waals surface area contributed by atoms with E-state index in [1.54, 1.807) is 18.2 Å². The van der Waals surface area contributed by atoms with Gasteiger partial charge < -0.3 is 64.5 Å². The van der Waals surface area contributed by atoms with Gasteiger partial charge in [-0.3, -0.25) is 4.79 Å². The minimum absolute atomic E-state index is 0.0399. The van der Waals surface area contributed by atoms with Crippen LogP contribution in [0.2, 0.25) is 0 Å². The minimum Gasteiger partial charge on any atom is -0.506 e. The zero-order valence-electron chi connectivity index (χ0n) is 21.9. The fraction of sp³-hybridized carbons (Fsp3) is 0.577. The van der Waals surface area contributed by atoms with Gasteiger partial charge >= 0.3 is 0 Å². The molecule has 0 amide bonds. The Balaban J connectivity index is 1.62. The highest BCUT2D eigenvalue weighted by molar-refractivity contribution is 6.09. The lowest BCUT2D eigenvalue weighted by Gasteiger charge is -2.42. The molecule has 14 heteroatoms. The van der Waals surface area contributed by atoms with Crippen molar-refractivity contribution < 1.29 is 69.3 Å². The number of fused-ring (bicyclic) bond motifs is 1. The molecule has 2 fully saturated rings. The van der Waals surface area contributed by atoms with Crippen molar-refractivity contribution in [1.82, 2.24) is 0 Å². The molecule has 0 aromatic heterocycles. The van der Waals surface area contributed by atoms with Gasteiger partial charge in [0, 0.05) is 10.9 Å². The molecule has 10 atom stereocenters. The fourth-order valence-corrected chi connectivity index (χ4v) is 5.00. The lowest BCUT2D eigenvalue weighted by molar-refractivity contribution is -0.323. The maximum Gasteiger partial charge on any atom is 0.229 e. The highest BCUT2D eigenvalue weighted by Crippen LogP contribution is 2.45. The Morgan fingerprint density at radius 1 is 0.900 bits per heavy atom. The molecule has 2 aliphatic heterocycles. The van der Waals surface area contributed by atoms with Crippen LogP contribution in [-0.4, -0.2) is 128 Å². The van der Waals surface area contributed by atoms with Gasteiger partial charge in [0.05, 0.1) is 31.3 Å². The number of phenols is 1. The molecule has 222 valence electrons. The number of ketones is 1. The van der Waals surface area contributed by atoms with Gasteiger partial charge in [0.2, 0.25) is 6.29 Å². The van der Waals surface area contributed by atoms with Crippen molar-refractivity contribution in [3.8, 4) is 17.2 Å². The number of ether oxygens (including phenoxy) is 5. The van der Waals surface area contributed by atoms with Crippen molar-refractivity contribution in [3.63, 3.8) is 0 Å². The van der Waals surface area contributed by atoms with E-state index in [4.69, 9.17) is 23.7 Å². The molecule has 0 saturated carbocycles. The lowest BCUT2D eigenvalue weighted by Crippen LogP contribution is -2.62. The van der Waals surface area contributed by atoms with Gasteiger partial charge in [-0.25, -0.2) is 0 Å². The van der Waals surface area contributed by atoms with Crippen LogP contribution in [0.5, 0.6) is 17.2 Å². The Hall–Kier alpha value is -2.63. The predicted molar refractivity (Wildman–Crippen MR) is 134 cm³/mol. The summed E-state index contributed by atoms with van der Waals surface area (Å²) in [6.45, 7) is 1.55. The second-order valence-corrected chi connectivity index (χ2v) is 9.78. The normalized spacial score (nSPS) is 34.5. The van der Waals surface area contributed by atoms with E-state index in [2.05, 4.69) is 0 Å². The van der Waals surface area contributed by atoms with Crippen molar-refractivity contribution in [2.24, 2.45) is 0 Å². The molecular formula is C26H34O14. The molecule has 14 nitrogen and oxygen atoms in total. The minimum atomic E-state index is -1.78. The van der Waals surface area contributed by atoms with Gasteiger partial charge in [0.25, 0.3) is 0 Å². The van der Waals surface area contributed by atoms with Crippen molar-refractivity contribution in [2.75, 3.05) is 20.3 Å². The Bertz CT molecular complexity index is 1220. The number of hydrogen-bond acceptors (Lipinski definition) is 14. The topological polar surface area (TPSA) is 225 Å². The van der Waals surface area contributed by atoms with Crippen molar-refractivity contribution in [3.05, 3.63) is 29.3 Å². The fourth-order valence-electron chi connectivity index (χ4n) is 5.00. The van der Waals surface area contributed by atoms with Crippen LogP contribution in [0.3, 0.4) is 0 Å². The lowest BCUT2D eigenvalue weighted by atomic mass is 9.95. The van der Waals surface area contributed by atoms with Crippen LogP contribution in [0.4, 0.5) is 0 Å². The monoisotopic (exact) mass is 570 g/mol. The van der Waals surface area contributed by atoms with Gasteiger partial charge in [-0.2, -0.15) is 0 Å². The molecule has 0 radical (unpaired) electrons. The Morgan fingerprint density at radius 2 is 1.50 bits per heavy atom. The molecule has 2 aliphatic rings. The second-order valence-electron chi connectivity index (χ2n) is 9.78. The van der Waals surface area contributed by atoms with E-state index in [-0.39, 0.29) is 33.8 Å². The summed E-state index contributed by atoms with van der Waals surface area (Å²) in [5.74, 6) is -0.512. The van der Waals surface area contributed by atoms with Crippen LogP contribution in [0, 0.1) is 6.92 Å². The molecule has 2 aromatic carbocycles. The van der Waals surface area contributed by atoms with Crippen LogP contribution >= 0.6 is 0 Å². The van der Waals surface area contributed by atoms with Gasteiger partial charge in [-0.15, -0.1) is 0 Å². The van der Waals surface area contributed by atoms with Crippen LogP contribution < -0.4 is 9.47 Å². The highest BCUT2D eigenvalue weighted by Gasteiger charge is 2.48. The van der Waals surface area contributed by atoms with E-state index in [1.165, 1.54) is 21.0 Å². The van der Waals surface area contributed by atoms with Gasteiger partial charge in [-0.1, -0.05) is 12.1 Å². The zero-order chi connectivity index (χ0) is 29.5. The van der Waals surface area contributed by atoms with Gasteiger partial charge in [-0.05, 0) is 19.9 Å². The van der Waals surface area contributed by atoms with Gasteiger partial charge in [0.1, 0.15) is 66.1 Å². The number of hydrogen-bond donors (Lipinski definition) is 8. The molecule has 0 spiro atoms. The van der Waals surface area contributed by atoms with Gasteiger partial charge in [0.15, 0.2) is 12.1 Å². The third-order valence-corrected chi connectivity index (χ3v) is 7.21. The van der Waals surface area contributed by atoms with E-state index in [0.29, 0.717) is 5.39 Å². The quantitative estimate of drug-likeness (QED) is 0.162. The molecule has 0 bridgehead atoms. The number of aliphatic hydroxyl groups excluding tert-OH is 7. The summed E-state index contributed by atoms with van der Waals surface area (Å²) < 4.78 is 27.8. The first-order chi connectivity index (χ1) is 18.9. The molecule has 40 heavy (non-hydrogen) atoms. The zero-order valence-corrected chi connectivity index (χ0v) is 21.9. The Labute approximate surface area is 228 Å². The summed E-state index contributed by atoms with van der Waals surface area (Å²) in [4.78, 5) is 12.4. The molecule has 4 rings (SSSR count). The van der Waals surface area contributed by atoms with E-state index < -0.39 is 80.4 Å². The van der Waals surface area contributed by atoms with Crippen molar-refractivity contribution >= 4 is 16.6 Å². The van der Waals surface area contributed by atoms with Crippen LogP contribution in [-0.2, 0) is 14.2 Å². The first-order valence-corrected chi connectivity index (χ1v) is 12.5. The van der Waals surface area contributed by atoms with E-state index in [0.717, 1.165) is 0 Å². The van der Waals surface area contributed by atoms with E-state index in [1.807, 2.05) is 0 Å². The number of phenolic OH excluding ortho intramolecular Hbond substituents is 1. The highest BCUT2D eigenvalue weighted by atomic mass is 16.7. The number of carbonyl (C=O) groups excluding carboxylic acids is 1. The summed E-state index contributed by atoms with van der Waals surface area (Å²) in [6, 6.07) is 4.78. The second kappa shape index (κ2) is 12.1. The molecule has 2 saturated heterocycles. The molecule has 2 heterocycles. The smallest absolute Gasteiger partial charge is 0.229 e. The molecular weight excluding hydrogens is 536 g/mol. The largest absolute Gasteiger partial charge is 0.506 e. The molecule has 10 unspecified atom stereocenters. The first-order valence-electron chi connectivity index (χ1n) is 12.5. The van der Waals surface area contributed by atoms with Crippen LogP contribution in [0.25, 0.3) is 10.8 Å². The van der Waals surface area contributed by atoms with Crippen LogP contribution in [0.1, 0.15) is 22.8 Å². The van der Waals surface area contributed by atoms with E-state index >= 15 is 0 Å². The molecule has 0 aliphatic carbocycles.